The van der Waals surface area contributed by atoms with Crippen molar-refractivity contribution in [3.63, 3.8) is 0 Å². The highest BCUT2D eigenvalue weighted by atomic mass is 32.2. The Balaban J connectivity index is 1.74. The molecule has 4 aromatic rings. The fraction of sp³-hybridized carbons (Fsp3) is 0.211. The minimum atomic E-state index is -3.21. The molecule has 2 aromatic carbocycles. The first-order chi connectivity index (χ1) is 12.3. The van der Waals surface area contributed by atoms with E-state index in [1.54, 1.807) is 12.1 Å². The number of fused-ring (bicyclic) bond motifs is 3. The quantitative estimate of drug-likeness (QED) is 0.521. The zero-order chi connectivity index (χ0) is 18.5. The van der Waals surface area contributed by atoms with Gasteiger partial charge in [-0.25, -0.2) is 13.4 Å². The summed E-state index contributed by atoms with van der Waals surface area (Å²) < 4.78 is 32.0. The van der Waals surface area contributed by atoms with E-state index in [4.69, 9.17) is 9.72 Å². The number of nitrogens with zero attached hydrogens (tertiary/aromatic N) is 2. The van der Waals surface area contributed by atoms with Crippen molar-refractivity contribution in [3.05, 3.63) is 48.7 Å². The Hall–Kier alpha value is -2.38. The first kappa shape index (κ1) is 17.1. The highest BCUT2D eigenvalue weighted by Gasteiger charge is 2.14. The van der Waals surface area contributed by atoms with Gasteiger partial charge in [-0.2, -0.15) is 0 Å². The van der Waals surface area contributed by atoms with E-state index in [2.05, 4.69) is 0 Å². The molecule has 0 saturated heterocycles. The van der Waals surface area contributed by atoms with Gasteiger partial charge in [-0.15, -0.1) is 0 Å². The molecule has 0 aliphatic heterocycles. The van der Waals surface area contributed by atoms with Crippen LogP contribution in [-0.4, -0.2) is 30.2 Å². The summed E-state index contributed by atoms with van der Waals surface area (Å²) in [7, 11) is -3.21. The average molecular weight is 386 g/mol. The number of ether oxygens (including phenoxy) is 1. The zero-order valence-corrected chi connectivity index (χ0v) is 16.3. The Labute approximate surface area is 155 Å². The molecule has 26 heavy (non-hydrogen) atoms. The lowest BCUT2D eigenvalue weighted by Crippen LogP contribution is -2.05. The van der Waals surface area contributed by atoms with Gasteiger partial charge in [-0.3, -0.25) is 4.40 Å². The van der Waals surface area contributed by atoms with Gasteiger partial charge in [0.05, 0.1) is 26.9 Å². The van der Waals surface area contributed by atoms with E-state index >= 15 is 0 Å². The molecule has 0 spiro atoms. The minimum absolute atomic E-state index is 0.141. The molecule has 0 fully saturated rings. The predicted octanol–water partition coefficient (Wildman–Crippen LogP) is 4.41. The zero-order valence-electron chi connectivity index (χ0n) is 14.6. The van der Waals surface area contributed by atoms with Crippen molar-refractivity contribution >= 4 is 36.4 Å². The molecule has 134 valence electrons. The SMILES string of the molecule is CC(C)Oc1ccc(-c2cn3c(n2)sc2cc(S(C)(=O)=O)ccc23)cc1. The summed E-state index contributed by atoms with van der Waals surface area (Å²) in [4.78, 5) is 5.86. The molecule has 2 aromatic heterocycles. The second-order valence-electron chi connectivity index (χ2n) is 6.47. The van der Waals surface area contributed by atoms with E-state index in [0.29, 0.717) is 4.90 Å². The molecule has 0 aliphatic rings. The van der Waals surface area contributed by atoms with Crippen LogP contribution >= 0.6 is 11.3 Å². The van der Waals surface area contributed by atoms with Gasteiger partial charge in [0.15, 0.2) is 14.8 Å². The van der Waals surface area contributed by atoms with Gasteiger partial charge in [-0.1, -0.05) is 11.3 Å². The van der Waals surface area contributed by atoms with Crippen LogP contribution in [0, 0.1) is 0 Å². The molecule has 0 atom stereocenters. The summed E-state index contributed by atoms with van der Waals surface area (Å²) in [6.07, 6.45) is 3.34. The van der Waals surface area contributed by atoms with Gasteiger partial charge >= 0.3 is 0 Å². The second-order valence-corrected chi connectivity index (χ2v) is 9.50. The summed E-state index contributed by atoms with van der Waals surface area (Å²) in [6.45, 7) is 4.00. The van der Waals surface area contributed by atoms with Crippen molar-refractivity contribution in [3.8, 4) is 17.0 Å². The van der Waals surface area contributed by atoms with E-state index in [0.717, 1.165) is 32.2 Å². The number of hydrogen-bond donors (Lipinski definition) is 0. The normalized spacial score (nSPS) is 12.3. The minimum Gasteiger partial charge on any atom is -0.491 e. The lowest BCUT2D eigenvalue weighted by Gasteiger charge is -2.09. The molecule has 4 rings (SSSR count). The maximum Gasteiger partial charge on any atom is 0.195 e. The molecule has 7 heteroatoms. The summed E-state index contributed by atoms with van der Waals surface area (Å²) >= 11 is 1.48. The second kappa shape index (κ2) is 6.10. The van der Waals surface area contributed by atoms with Crippen molar-refractivity contribution in [1.29, 1.82) is 0 Å². The van der Waals surface area contributed by atoms with Crippen molar-refractivity contribution < 1.29 is 13.2 Å². The first-order valence-corrected chi connectivity index (χ1v) is 10.9. The maximum atomic E-state index is 11.7. The molecule has 0 N–H and O–H groups in total. The van der Waals surface area contributed by atoms with Crippen LogP contribution < -0.4 is 4.74 Å². The predicted molar refractivity (Wildman–Crippen MR) is 105 cm³/mol. The summed E-state index contributed by atoms with van der Waals surface area (Å²) in [5.74, 6) is 0.837. The fourth-order valence-electron chi connectivity index (χ4n) is 2.83. The smallest absolute Gasteiger partial charge is 0.195 e. The number of thiazole rings is 1. The van der Waals surface area contributed by atoms with Gasteiger partial charge in [0.1, 0.15) is 5.75 Å². The monoisotopic (exact) mass is 386 g/mol. The van der Waals surface area contributed by atoms with Crippen LogP contribution in [0.15, 0.2) is 53.6 Å². The number of rotatable bonds is 4. The number of imidazole rings is 1. The molecular formula is C19H18N2O3S2. The summed E-state index contributed by atoms with van der Waals surface area (Å²) in [6, 6.07) is 13.1. The summed E-state index contributed by atoms with van der Waals surface area (Å²) in [5.41, 5.74) is 2.84. The van der Waals surface area contributed by atoms with Crippen molar-refractivity contribution in [2.24, 2.45) is 0 Å². The van der Waals surface area contributed by atoms with Crippen LogP contribution in [0.3, 0.4) is 0 Å². The number of aromatic nitrogens is 2. The van der Waals surface area contributed by atoms with Crippen LogP contribution in [0.1, 0.15) is 13.8 Å². The lowest BCUT2D eigenvalue weighted by molar-refractivity contribution is 0.242. The third-order valence-electron chi connectivity index (χ3n) is 4.02. The lowest BCUT2D eigenvalue weighted by atomic mass is 10.1. The Kier molecular flexibility index (Phi) is 4.00. The molecule has 0 amide bonds. The molecule has 0 saturated carbocycles. The van der Waals surface area contributed by atoms with E-state index in [1.165, 1.54) is 17.6 Å². The number of benzene rings is 2. The van der Waals surface area contributed by atoms with E-state index in [9.17, 15) is 8.42 Å². The highest BCUT2D eigenvalue weighted by Crippen LogP contribution is 2.31. The van der Waals surface area contributed by atoms with E-state index in [-0.39, 0.29) is 6.10 Å². The van der Waals surface area contributed by atoms with Crippen LogP contribution in [0.25, 0.3) is 26.4 Å². The number of hydrogen-bond acceptors (Lipinski definition) is 5. The molecule has 0 unspecified atom stereocenters. The average Bonchev–Trinajstić information content (AvgIpc) is 3.11. The molecule has 0 bridgehead atoms. The fourth-order valence-corrected chi connectivity index (χ4v) is 4.60. The standard InChI is InChI=1S/C19H18N2O3S2/c1-12(2)24-14-6-4-13(5-7-14)16-11-21-17-9-8-15(26(3,22)23)10-18(17)25-19(21)20-16/h4-12H,1-3H3. The summed E-state index contributed by atoms with van der Waals surface area (Å²) in [5, 5.41) is 0. The Morgan fingerprint density at radius 1 is 1.12 bits per heavy atom. The van der Waals surface area contributed by atoms with Crippen LogP contribution in [-0.2, 0) is 9.84 Å². The topological polar surface area (TPSA) is 60.7 Å². The van der Waals surface area contributed by atoms with Gasteiger partial charge < -0.3 is 4.74 Å². The van der Waals surface area contributed by atoms with E-state index in [1.807, 2.05) is 54.8 Å². The Morgan fingerprint density at radius 2 is 1.85 bits per heavy atom. The highest BCUT2D eigenvalue weighted by molar-refractivity contribution is 7.90. The molecule has 0 radical (unpaired) electrons. The van der Waals surface area contributed by atoms with Gasteiger partial charge in [-0.05, 0) is 56.3 Å². The number of sulfone groups is 1. The van der Waals surface area contributed by atoms with Gasteiger partial charge in [0.2, 0.25) is 0 Å². The third kappa shape index (κ3) is 3.08. The third-order valence-corrected chi connectivity index (χ3v) is 6.14. The molecule has 2 heterocycles. The molecular weight excluding hydrogens is 368 g/mol. The van der Waals surface area contributed by atoms with Crippen LogP contribution in [0.2, 0.25) is 0 Å². The largest absolute Gasteiger partial charge is 0.491 e. The van der Waals surface area contributed by atoms with Gasteiger partial charge in [0.25, 0.3) is 0 Å². The van der Waals surface area contributed by atoms with Crippen molar-refractivity contribution in [1.82, 2.24) is 9.38 Å². The van der Waals surface area contributed by atoms with Crippen LogP contribution in [0.5, 0.6) is 5.75 Å². The Morgan fingerprint density at radius 3 is 2.50 bits per heavy atom. The first-order valence-electron chi connectivity index (χ1n) is 8.20. The maximum absolute atomic E-state index is 11.7. The molecule has 0 aliphatic carbocycles. The van der Waals surface area contributed by atoms with Crippen molar-refractivity contribution in [2.45, 2.75) is 24.8 Å². The van der Waals surface area contributed by atoms with Gasteiger partial charge in [0, 0.05) is 18.0 Å². The Bertz CT molecular complexity index is 1200. The van der Waals surface area contributed by atoms with Crippen molar-refractivity contribution in [2.75, 3.05) is 6.26 Å². The molecule has 5 nitrogen and oxygen atoms in total. The van der Waals surface area contributed by atoms with Crippen LogP contribution in [0.4, 0.5) is 0 Å². The van der Waals surface area contributed by atoms with E-state index < -0.39 is 9.84 Å².